The third-order valence-corrected chi connectivity index (χ3v) is 3.41. The van der Waals surface area contributed by atoms with E-state index >= 15 is 0 Å². The number of piperidine rings is 1. The van der Waals surface area contributed by atoms with E-state index in [1.54, 1.807) is 0 Å². The van der Waals surface area contributed by atoms with Gasteiger partial charge in [-0.1, -0.05) is 29.8 Å². The molecule has 0 aromatic heterocycles. The van der Waals surface area contributed by atoms with Crippen molar-refractivity contribution >= 4 is 0 Å². The Bertz CT molecular complexity index is 320. The van der Waals surface area contributed by atoms with Gasteiger partial charge in [0.15, 0.2) is 0 Å². The first-order chi connectivity index (χ1) is 7.77. The van der Waals surface area contributed by atoms with Crippen molar-refractivity contribution in [2.75, 3.05) is 19.7 Å². The molecule has 0 radical (unpaired) electrons. The smallest absolute Gasteiger partial charge is 0.0955 e. The largest absolute Gasteiger partial charge is 0.370 e. The van der Waals surface area contributed by atoms with E-state index in [0.29, 0.717) is 0 Å². The summed E-state index contributed by atoms with van der Waals surface area (Å²) in [5, 5.41) is 3.40. The van der Waals surface area contributed by atoms with E-state index in [0.717, 1.165) is 32.5 Å². The van der Waals surface area contributed by atoms with Gasteiger partial charge < -0.3 is 10.1 Å². The first-order valence-corrected chi connectivity index (χ1v) is 6.19. The molecular weight excluding hydrogens is 198 g/mol. The van der Waals surface area contributed by atoms with Crippen molar-refractivity contribution in [3.8, 4) is 0 Å². The highest BCUT2D eigenvalue weighted by atomic mass is 16.5. The summed E-state index contributed by atoms with van der Waals surface area (Å²) in [5.74, 6) is 0. The minimum Gasteiger partial charge on any atom is -0.370 e. The van der Waals surface area contributed by atoms with Gasteiger partial charge in [-0.3, -0.25) is 0 Å². The van der Waals surface area contributed by atoms with Gasteiger partial charge in [0.25, 0.3) is 0 Å². The summed E-state index contributed by atoms with van der Waals surface area (Å²) in [4.78, 5) is 0. The Morgan fingerprint density at radius 3 is 2.38 bits per heavy atom. The van der Waals surface area contributed by atoms with Crippen molar-refractivity contribution in [1.82, 2.24) is 5.32 Å². The molecule has 2 heteroatoms. The predicted molar refractivity (Wildman–Crippen MR) is 66.6 cm³/mol. The van der Waals surface area contributed by atoms with Gasteiger partial charge in [-0.2, -0.15) is 0 Å². The van der Waals surface area contributed by atoms with Crippen LogP contribution >= 0.6 is 0 Å². The molecule has 1 aromatic rings. The number of ether oxygens (including phenoxy) is 1. The summed E-state index contributed by atoms with van der Waals surface area (Å²) in [6, 6.07) is 8.79. The fourth-order valence-corrected chi connectivity index (χ4v) is 2.48. The van der Waals surface area contributed by atoms with E-state index in [1.165, 1.54) is 11.1 Å². The molecule has 1 aromatic carbocycles. The molecule has 88 valence electrons. The molecule has 0 unspecified atom stereocenters. The lowest BCUT2D eigenvalue weighted by atomic mass is 9.84. The SMILES string of the molecule is CCOC1(c2ccc(C)cc2)CCNCC1. The molecule has 2 rings (SSSR count). The average molecular weight is 219 g/mol. The van der Waals surface area contributed by atoms with Crippen molar-refractivity contribution in [3.05, 3.63) is 35.4 Å². The second-order valence-corrected chi connectivity index (χ2v) is 4.54. The molecule has 0 atom stereocenters. The first kappa shape index (κ1) is 11.6. The van der Waals surface area contributed by atoms with E-state index in [9.17, 15) is 0 Å². The van der Waals surface area contributed by atoms with Crippen LogP contribution in [0.15, 0.2) is 24.3 Å². The Morgan fingerprint density at radius 1 is 1.19 bits per heavy atom. The summed E-state index contributed by atoms with van der Waals surface area (Å²) in [6.07, 6.45) is 2.15. The van der Waals surface area contributed by atoms with Gasteiger partial charge in [0.1, 0.15) is 0 Å². The van der Waals surface area contributed by atoms with Gasteiger partial charge in [-0.15, -0.1) is 0 Å². The van der Waals surface area contributed by atoms with Crippen LogP contribution in [-0.4, -0.2) is 19.7 Å². The van der Waals surface area contributed by atoms with Gasteiger partial charge in [0.05, 0.1) is 5.60 Å². The zero-order chi connectivity index (χ0) is 11.4. The Kier molecular flexibility index (Phi) is 3.62. The highest BCUT2D eigenvalue weighted by Crippen LogP contribution is 2.34. The summed E-state index contributed by atoms with van der Waals surface area (Å²) in [7, 11) is 0. The molecule has 1 N–H and O–H groups in total. The molecule has 0 amide bonds. The van der Waals surface area contributed by atoms with Crippen molar-refractivity contribution in [3.63, 3.8) is 0 Å². The summed E-state index contributed by atoms with van der Waals surface area (Å²) >= 11 is 0. The fraction of sp³-hybridized carbons (Fsp3) is 0.571. The molecule has 1 fully saturated rings. The van der Waals surface area contributed by atoms with E-state index in [1.807, 2.05) is 0 Å². The third-order valence-electron chi connectivity index (χ3n) is 3.41. The Hall–Kier alpha value is -0.860. The summed E-state index contributed by atoms with van der Waals surface area (Å²) in [6.45, 7) is 7.09. The maximum atomic E-state index is 6.06. The van der Waals surface area contributed by atoms with Crippen LogP contribution in [0.5, 0.6) is 0 Å². The average Bonchev–Trinajstić information content (AvgIpc) is 2.31. The Balaban J connectivity index is 2.26. The zero-order valence-electron chi connectivity index (χ0n) is 10.3. The quantitative estimate of drug-likeness (QED) is 0.843. The van der Waals surface area contributed by atoms with Crippen LogP contribution in [0, 0.1) is 6.92 Å². The standard InChI is InChI=1S/C14H21NO/c1-3-16-14(8-10-15-11-9-14)13-6-4-12(2)5-7-13/h4-7,15H,3,8-11H2,1-2H3. The minimum absolute atomic E-state index is 0.0479. The van der Waals surface area contributed by atoms with Crippen molar-refractivity contribution < 1.29 is 4.74 Å². The second kappa shape index (κ2) is 4.98. The zero-order valence-corrected chi connectivity index (χ0v) is 10.3. The van der Waals surface area contributed by atoms with Gasteiger partial charge in [0, 0.05) is 6.61 Å². The van der Waals surface area contributed by atoms with Crippen LogP contribution < -0.4 is 5.32 Å². The summed E-state index contributed by atoms with van der Waals surface area (Å²) in [5.41, 5.74) is 2.60. The van der Waals surface area contributed by atoms with Gasteiger partial charge in [0.2, 0.25) is 0 Å². The number of benzene rings is 1. The number of hydrogen-bond donors (Lipinski definition) is 1. The molecule has 0 aliphatic carbocycles. The van der Waals surface area contributed by atoms with E-state index in [2.05, 4.69) is 43.4 Å². The number of nitrogens with one attached hydrogen (secondary N) is 1. The number of rotatable bonds is 3. The normalized spacial score (nSPS) is 19.6. The molecule has 1 saturated heterocycles. The van der Waals surface area contributed by atoms with Crippen molar-refractivity contribution in [2.45, 2.75) is 32.3 Å². The molecule has 2 nitrogen and oxygen atoms in total. The van der Waals surface area contributed by atoms with E-state index < -0.39 is 0 Å². The molecular formula is C14H21NO. The first-order valence-electron chi connectivity index (χ1n) is 6.19. The highest BCUT2D eigenvalue weighted by molar-refractivity contribution is 5.27. The monoisotopic (exact) mass is 219 g/mol. The van der Waals surface area contributed by atoms with Crippen LogP contribution in [0.2, 0.25) is 0 Å². The molecule has 1 aliphatic heterocycles. The molecule has 0 saturated carbocycles. The van der Waals surface area contributed by atoms with Crippen LogP contribution in [0.1, 0.15) is 30.9 Å². The maximum Gasteiger partial charge on any atom is 0.0955 e. The van der Waals surface area contributed by atoms with Crippen molar-refractivity contribution in [1.29, 1.82) is 0 Å². The van der Waals surface area contributed by atoms with Crippen LogP contribution in [0.3, 0.4) is 0 Å². The lowest BCUT2D eigenvalue weighted by molar-refractivity contribution is -0.0655. The summed E-state index contributed by atoms with van der Waals surface area (Å²) < 4.78 is 6.06. The molecule has 1 aliphatic rings. The van der Waals surface area contributed by atoms with E-state index in [4.69, 9.17) is 4.74 Å². The lowest BCUT2D eigenvalue weighted by Crippen LogP contribution is -2.41. The topological polar surface area (TPSA) is 21.3 Å². The van der Waals surface area contributed by atoms with Crippen LogP contribution in [0.25, 0.3) is 0 Å². The van der Waals surface area contributed by atoms with E-state index in [-0.39, 0.29) is 5.60 Å². The minimum atomic E-state index is -0.0479. The van der Waals surface area contributed by atoms with Gasteiger partial charge in [-0.25, -0.2) is 0 Å². The van der Waals surface area contributed by atoms with Crippen LogP contribution in [-0.2, 0) is 10.3 Å². The van der Waals surface area contributed by atoms with Crippen molar-refractivity contribution in [2.24, 2.45) is 0 Å². The third kappa shape index (κ3) is 2.28. The van der Waals surface area contributed by atoms with Gasteiger partial charge in [-0.05, 0) is 45.3 Å². The molecule has 1 heterocycles. The van der Waals surface area contributed by atoms with Gasteiger partial charge >= 0.3 is 0 Å². The fourth-order valence-electron chi connectivity index (χ4n) is 2.48. The molecule has 0 spiro atoms. The highest BCUT2D eigenvalue weighted by Gasteiger charge is 2.34. The Labute approximate surface area is 98.0 Å². The van der Waals surface area contributed by atoms with Crippen LogP contribution in [0.4, 0.5) is 0 Å². The second-order valence-electron chi connectivity index (χ2n) is 4.54. The predicted octanol–water partition coefficient (Wildman–Crippen LogP) is 2.61. The molecule has 0 bridgehead atoms. The number of hydrogen-bond acceptors (Lipinski definition) is 2. The lowest BCUT2D eigenvalue weighted by Gasteiger charge is -2.38. The Morgan fingerprint density at radius 2 is 1.81 bits per heavy atom. The maximum absolute atomic E-state index is 6.06. The molecule has 16 heavy (non-hydrogen) atoms. The number of aryl methyl sites for hydroxylation is 1.